The molecule has 3 nitrogen and oxygen atoms in total. The van der Waals surface area contributed by atoms with Crippen LogP contribution in [0.5, 0.6) is 0 Å². The number of nitrogens with zero attached hydrogens (tertiary/aromatic N) is 2. The van der Waals surface area contributed by atoms with Gasteiger partial charge < -0.3 is 10.6 Å². The molecule has 0 aromatic heterocycles. The Labute approximate surface area is 139 Å². The molecular formula is C20H25N3. The summed E-state index contributed by atoms with van der Waals surface area (Å²) in [6.45, 7) is 5.76. The predicted molar refractivity (Wildman–Crippen MR) is 96.4 cm³/mol. The highest BCUT2D eigenvalue weighted by Crippen LogP contribution is 2.30. The zero-order valence-electron chi connectivity index (χ0n) is 14.0. The van der Waals surface area contributed by atoms with Crippen LogP contribution >= 0.6 is 0 Å². The van der Waals surface area contributed by atoms with E-state index in [1.165, 1.54) is 16.7 Å². The van der Waals surface area contributed by atoms with Crippen molar-refractivity contribution in [2.45, 2.75) is 32.7 Å². The van der Waals surface area contributed by atoms with Gasteiger partial charge in [0.05, 0.1) is 12.5 Å². The summed E-state index contributed by atoms with van der Waals surface area (Å²) in [5, 5.41) is 8.88. The molecule has 0 amide bonds. The van der Waals surface area contributed by atoms with Crippen molar-refractivity contribution in [3.63, 3.8) is 0 Å². The Kier molecular flexibility index (Phi) is 6.19. The van der Waals surface area contributed by atoms with E-state index in [1.54, 1.807) is 0 Å². The van der Waals surface area contributed by atoms with Crippen LogP contribution in [0.25, 0.3) is 0 Å². The van der Waals surface area contributed by atoms with Gasteiger partial charge in [-0.2, -0.15) is 5.26 Å². The maximum atomic E-state index is 8.88. The second-order valence-corrected chi connectivity index (χ2v) is 5.79. The van der Waals surface area contributed by atoms with Gasteiger partial charge in [-0.05, 0) is 43.0 Å². The molecule has 0 aliphatic carbocycles. The predicted octanol–water partition coefficient (Wildman–Crippen LogP) is 4.04. The fraction of sp³-hybridized carbons (Fsp3) is 0.350. The van der Waals surface area contributed by atoms with Crippen LogP contribution in [0, 0.1) is 11.3 Å². The lowest BCUT2D eigenvalue weighted by Crippen LogP contribution is -2.26. The Morgan fingerprint density at radius 1 is 1.13 bits per heavy atom. The topological polar surface area (TPSA) is 53.0 Å². The molecule has 120 valence electrons. The van der Waals surface area contributed by atoms with Crippen molar-refractivity contribution in [1.29, 1.82) is 5.26 Å². The first-order valence-electron chi connectivity index (χ1n) is 8.20. The molecule has 0 saturated heterocycles. The minimum Gasteiger partial charge on any atom is -0.371 e. The van der Waals surface area contributed by atoms with Crippen LogP contribution in [0.1, 0.15) is 43.0 Å². The third-order valence-corrected chi connectivity index (χ3v) is 4.08. The van der Waals surface area contributed by atoms with Crippen molar-refractivity contribution in [3.05, 3.63) is 65.2 Å². The highest BCUT2D eigenvalue weighted by atomic mass is 15.1. The van der Waals surface area contributed by atoms with Crippen LogP contribution in [0.3, 0.4) is 0 Å². The second-order valence-electron chi connectivity index (χ2n) is 5.79. The number of nitrogens with two attached hydrogens (primary N) is 1. The van der Waals surface area contributed by atoms with Crippen LogP contribution < -0.4 is 10.6 Å². The van der Waals surface area contributed by atoms with E-state index < -0.39 is 0 Å². The quantitative estimate of drug-likeness (QED) is 0.840. The summed E-state index contributed by atoms with van der Waals surface area (Å²) >= 11 is 0. The van der Waals surface area contributed by atoms with E-state index in [2.05, 4.69) is 60.4 Å². The minimum atomic E-state index is -0.0407. The lowest BCUT2D eigenvalue weighted by Gasteiger charge is -2.28. The Bertz CT molecular complexity index is 656. The summed E-state index contributed by atoms with van der Waals surface area (Å²) in [5.41, 5.74) is 11.2. The number of benzene rings is 2. The van der Waals surface area contributed by atoms with E-state index >= 15 is 0 Å². The van der Waals surface area contributed by atoms with Crippen molar-refractivity contribution in [2.75, 3.05) is 18.0 Å². The zero-order valence-corrected chi connectivity index (χ0v) is 14.0. The van der Waals surface area contributed by atoms with Gasteiger partial charge in [-0.1, -0.05) is 42.5 Å². The van der Waals surface area contributed by atoms with Crippen molar-refractivity contribution >= 4 is 5.69 Å². The molecule has 2 aromatic carbocycles. The molecule has 2 rings (SSSR count). The van der Waals surface area contributed by atoms with Crippen molar-refractivity contribution < 1.29 is 0 Å². The van der Waals surface area contributed by atoms with Gasteiger partial charge in [0.15, 0.2) is 0 Å². The second kappa shape index (κ2) is 8.36. The highest BCUT2D eigenvalue weighted by Gasteiger charge is 2.16. The summed E-state index contributed by atoms with van der Waals surface area (Å²) in [5.74, 6) is 0. The van der Waals surface area contributed by atoms with Crippen molar-refractivity contribution in [3.8, 4) is 6.07 Å². The monoisotopic (exact) mass is 307 g/mol. The molecule has 1 atom stereocenters. The van der Waals surface area contributed by atoms with Crippen LogP contribution in [0.15, 0.2) is 48.5 Å². The standard InChI is InChI=1S/C20H25N3/c1-3-23(14-8-13-21)19-12-7-11-18(20(19)16(2)22)15-17-9-5-4-6-10-17/h4-7,9-12,16H,3,8,14-15,22H2,1-2H3. The third-order valence-electron chi connectivity index (χ3n) is 4.08. The normalized spacial score (nSPS) is 11.7. The molecular weight excluding hydrogens is 282 g/mol. The van der Waals surface area contributed by atoms with Crippen LogP contribution in [0.2, 0.25) is 0 Å². The summed E-state index contributed by atoms with van der Waals surface area (Å²) in [6.07, 6.45) is 1.40. The van der Waals surface area contributed by atoms with Gasteiger partial charge in [-0.25, -0.2) is 0 Å². The molecule has 0 aliphatic heterocycles. The van der Waals surface area contributed by atoms with E-state index in [-0.39, 0.29) is 6.04 Å². The first-order chi connectivity index (χ1) is 11.2. The van der Waals surface area contributed by atoms with E-state index in [1.807, 2.05) is 13.0 Å². The molecule has 23 heavy (non-hydrogen) atoms. The first kappa shape index (κ1) is 17.1. The molecule has 2 aromatic rings. The van der Waals surface area contributed by atoms with Crippen molar-refractivity contribution in [2.24, 2.45) is 5.73 Å². The van der Waals surface area contributed by atoms with Gasteiger partial charge >= 0.3 is 0 Å². The summed E-state index contributed by atoms with van der Waals surface area (Å²) < 4.78 is 0. The fourth-order valence-corrected chi connectivity index (χ4v) is 3.00. The highest BCUT2D eigenvalue weighted by molar-refractivity contribution is 5.59. The Morgan fingerprint density at radius 2 is 1.87 bits per heavy atom. The van der Waals surface area contributed by atoms with E-state index in [0.717, 1.165) is 25.2 Å². The SMILES string of the molecule is CCN(CCC#N)c1cccc(Cc2ccccc2)c1C(C)N. The number of hydrogen-bond acceptors (Lipinski definition) is 3. The number of anilines is 1. The smallest absolute Gasteiger partial charge is 0.0640 e. The molecule has 0 spiro atoms. The Balaban J connectivity index is 2.40. The van der Waals surface area contributed by atoms with Crippen LogP contribution in [0.4, 0.5) is 5.69 Å². The molecule has 1 unspecified atom stereocenters. The van der Waals surface area contributed by atoms with E-state index in [0.29, 0.717) is 6.42 Å². The first-order valence-corrected chi connectivity index (χ1v) is 8.20. The fourth-order valence-electron chi connectivity index (χ4n) is 3.00. The lowest BCUT2D eigenvalue weighted by atomic mass is 9.94. The van der Waals surface area contributed by atoms with Gasteiger partial charge in [0.25, 0.3) is 0 Å². The van der Waals surface area contributed by atoms with Crippen LogP contribution in [-0.2, 0) is 6.42 Å². The Hall–Kier alpha value is -2.31. The maximum absolute atomic E-state index is 8.88. The maximum Gasteiger partial charge on any atom is 0.0640 e. The largest absolute Gasteiger partial charge is 0.371 e. The molecule has 0 bridgehead atoms. The average Bonchev–Trinajstić information content (AvgIpc) is 2.56. The molecule has 0 radical (unpaired) electrons. The molecule has 0 fully saturated rings. The minimum absolute atomic E-state index is 0.0407. The van der Waals surface area contributed by atoms with Gasteiger partial charge in [-0.15, -0.1) is 0 Å². The summed E-state index contributed by atoms with van der Waals surface area (Å²) in [7, 11) is 0. The Morgan fingerprint density at radius 3 is 2.48 bits per heavy atom. The molecule has 0 aliphatic rings. The number of nitriles is 1. The zero-order chi connectivity index (χ0) is 16.7. The van der Waals surface area contributed by atoms with Gasteiger partial charge in [-0.3, -0.25) is 0 Å². The molecule has 0 heterocycles. The van der Waals surface area contributed by atoms with E-state index in [4.69, 9.17) is 11.0 Å². The molecule has 0 saturated carbocycles. The lowest BCUT2D eigenvalue weighted by molar-refractivity contribution is 0.768. The van der Waals surface area contributed by atoms with Crippen LogP contribution in [-0.4, -0.2) is 13.1 Å². The van der Waals surface area contributed by atoms with Gasteiger partial charge in [0.1, 0.15) is 0 Å². The third kappa shape index (κ3) is 4.34. The van der Waals surface area contributed by atoms with Crippen molar-refractivity contribution in [1.82, 2.24) is 0 Å². The average molecular weight is 307 g/mol. The number of hydrogen-bond donors (Lipinski definition) is 1. The number of rotatable bonds is 7. The molecule has 2 N–H and O–H groups in total. The van der Waals surface area contributed by atoms with Gasteiger partial charge in [0, 0.05) is 24.8 Å². The summed E-state index contributed by atoms with van der Waals surface area (Å²) in [4.78, 5) is 2.25. The molecule has 3 heteroatoms. The van der Waals surface area contributed by atoms with Gasteiger partial charge in [0.2, 0.25) is 0 Å². The summed E-state index contributed by atoms with van der Waals surface area (Å²) in [6, 6.07) is 19.0. The van der Waals surface area contributed by atoms with E-state index in [9.17, 15) is 0 Å².